The predicted molar refractivity (Wildman–Crippen MR) is 143 cm³/mol. The van der Waals surface area contributed by atoms with Gasteiger partial charge >= 0.3 is 6.09 Å². The lowest BCUT2D eigenvalue weighted by atomic mass is 9.99. The standard InChI is InChI=1S/C26H37N5O7S/c1-26(2,3)38-25(34)28-17-8-10-30(11-9-17)39(35,36)31-19-5-6-20(31)14-18(13-19)27-24(33)16-4-7-22-21(12-16)29-23(32)15-37-22/h4,7,12,17-20H,5-6,8-11,13-15H2,1-3H3,(H,27,33)(H,28,34)(H,29,32)/t18?,19-,20+. The molecule has 13 heteroatoms. The zero-order valence-corrected chi connectivity index (χ0v) is 23.4. The topological polar surface area (TPSA) is 146 Å². The van der Waals surface area contributed by atoms with Gasteiger partial charge < -0.3 is 25.4 Å². The average molecular weight is 564 g/mol. The number of alkyl carbamates (subject to hydrolysis) is 1. The van der Waals surface area contributed by atoms with Crippen LogP contribution in [0.5, 0.6) is 5.75 Å². The molecule has 0 saturated carbocycles. The van der Waals surface area contributed by atoms with E-state index in [9.17, 15) is 22.8 Å². The van der Waals surface area contributed by atoms with Gasteiger partial charge in [0.05, 0.1) is 5.69 Å². The van der Waals surface area contributed by atoms with Gasteiger partial charge in [-0.2, -0.15) is 17.0 Å². The van der Waals surface area contributed by atoms with Gasteiger partial charge in [0.2, 0.25) is 0 Å². The average Bonchev–Trinajstić information content (AvgIpc) is 3.14. The number of benzene rings is 1. The lowest BCUT2D eigenvalue weighted by molar-refractivity contribution is -0.118. The van der Waals surface area contributed by atoms with Crippen LogP contribution in [0.4, 0.5) is 10.5 Å². The Bertz CT molecular complexity index is 1230. The first-order valence-corrected chi connectivity index (χ1v) is 14.9. The molecule has 0 radical (unpaired) electrons. The van der Waals surface area contributed by atoms with Crippen molar-refractivity contribution in [3.8, 4) is 5.75 Å². The van der Waals surface area contributed by atoms with Gasteiger partial charge in [-0.1, -0.05) is 0 Å². The van der Waals surface area contributed by atoms with Gasteiger partial charge in [-0.05, 0) is 77.5 Å². The fourth-order valence-electron chi connectivity index (χ4n) is 5.96. The van der Waals surface area contributed by atoms with E-state index in [0.717, 1.165) is 12.8 Å². The van der Waals surface area contributed by atoms with Gasteiger partial charge in [0.1, 0.15) is 11.4 Å². The van der Waals surface area contributed by atoms with Crippen LogP contribution in [0.2, 0.25) is 0 Å². The van der Waals surface area contributed by atoms with Crippen molar-refractivity contribution in [1.29, 1.82) is 0 Å². The predicted octanol–water partition coefficient (Wildman–Crippen LogP) is 1.98. The molecule has 1 unspecified atom stereocenters. The quantitative estimate of drug-likeness (QED) is 0.496. The van der Waals surface area contributed by atoms with Crippen LogP contribution in [-0.2, 0) is 19.7 Å². The molecule has 4 heterocycles. The highest BCUT2D eigenvalue weighted by Crippen LogP contribution is 2.39. The number of anilines is 1. The molecule has 5 rings (SSSR count). The Balaban J connectivity index is 1.16. The first kappa shape index (κ1) is 27.7. The Morgan fingerprint density at radius 3 is 2.33 bits per heavy atom. The Labute approximate surface area is 228 Å². The second-order valence-corrected chi connectivity index (χ2v) is 13.6. The summed E-state index contributed by atoms with van der Waals surface area (Å²) < 4.78 is 41.1. The second-order valence-electron chi connectivity index (χ2n) is 11.7. The number of amides is 3. The zero-order chi connectivity index (χ0) is 27.9. The van der Waals surface area contributed by atoms with E-state index in [1.54, 1.807) is 43.3 Å². The molecule has 0 aliphatic carbocycles. The maximum atomic E-state index is 13.6. The molecule has 1 aromatic carbocycles. The van der Waals surface area contributed by atoms with Crippen LogP contribution >= 0.6 is 0 Å². The molecule has 4 aliphatic rings. The number of hydrogen-bond donors (Lipinski definition) is 3. The van der Waals surface area contributed by atoms with Crippen LogP contribution in [0.1, 0.15) is 69.7 Å². The number of nitrogens with zero attached hydrogens (tertiary/aromatic N) is 2. The molecule has 214 valence electrons. The van der Waals surface area contributed by atoms with E-state index in [1.807, 2.05) is 0 Å². The Morgan fingerprint density at radius 2 is 1.69 bits per heavy atom. The molecule has 12 nitrogen and oxygen atoms in total. The van der Waals surface area contributed by atoms with Crippen molar-refractivity contribution in [2.45, 2.75) is 89.1 Å². The largest absolute Gasteiger partial charge is 0.482 e. The van der Waals surface area contributed by atoms with E-state index < -0.39 is 21.9 Å². The maximum absolute atomic E-state index is 13.6. The third kappa shape index (κ3) is 6.15. The summed E-state index contributed by atoms with van der Waals surface area (Å²) in [6.07, 6.45) is 3.16. The molecule has 3 atom stereocenters. The third-order valence-electron chi connectivity index (χ3n) is 7.64. The number of ether oxygens (including phenoxy) is 2. The van der Waals surface area contributed by atoms with Crippen LogP contribution in [0, 0.1) is 0 Å². The van der Waals surface area contributed by atoms with Crippen molar-refractivity contribution < 1.29 is 32.3 Å². The van der Waals surface area contributed by atoms with Crippen LogP contribution in [0.3, 0.4) is 0 Å². The highest BCUT2D eigenvalue weighted by Gasteiger charge is 2.49. The molecule has 3 fully saturated rings. The number of carbonyl (C=O) groups excluding carboxylic acids is 3. The normalized spacial score (nSPS) is 26.2. The Hall–Kier alpha value is -2.90. The monoisotopic (exact) mass is 563 g/mol. The molecule has 2 bridgehead atoms. The SMILES string of the molecule is CC(C)(C)OC(=O)NC1CCN(S(=O)(=O)N2[C@@H]3CC[C@H]2CC(NC(=O)c2ccc4c(c2)NC(=O)CO4)C3)CC1. The van der Waals surface area contributed by atoms with Crippen LogP contribution in [-0.4, -0.2) is 84.4 Å². The van der Waals surface area contributed by atoms with Crippen molar-refractivity contribution in [2.75, 3.05) is 25.0 Å². The molecule has 39 heavy (non-hydrogen) atoms. The van der Waals surface area contributed by atoms with Crippen molar-refractivity contribution >= 4 is 33.8 Å². The Morgan fingerprint density at radius 1 is 1.03 bits per heavy atom. The first-order chi connectivity index (χ1) is 18.4. The summed E-state index contributed by atoms with van der Waals surface area (Å²) in [6.45, 7) is 6.01. The summed E-state index contributed by atoms with van der Waals surface area (Å²) in [6, 6.07) is 4.29. The van der Waals surface area contributed by atoms with Crippen molar-refractivity contribution in [3.05, 3.63) is 23.8 Å². The highest BCUT2D eigenvalue weighted by molar-refractivity contribution is 7.86. The van der Waals surface area contributed by atoms with Gasteiger partial charge in [-0.25, -0.2) is 4.79 Å². The molecule has 4 aliphatic heterocycles. The fourth-order valence-corrected chi connectivity index (χ4v) is 8.04. The first-order valence-electron chi connectivity index (χ1n) is 13.5. The van der Waals surface area contributed by atoms with Crippen molar-refractivity contribution in [2.24, 2.45) is 0 Å². The minimum absolute atomic E-state index is 0.0518. The van der Waals surface area contributed by atoms with Gasteiger partial charge in [0, 0.05) is 42.8 Å². The van der Waals surface area contributed by atoms with Gasteiger partial charge in [0.15, 0.2) is 6.61 Å². The van der Waals surface area contributed by atoms with Gasteiger partial charge in [-0.15, -0.1) is 0 Å². The number of fused-ring (bicyclic) bond motifs is 3. The van der Waals surface area contributed by atoms with Crippen LogP contribution in [0.15, 0.2) is 18.2 Å². The minimum Gasteiger partial charge on any atom is -0.482 e. The van der Waals surface area contributed by atoms with E-state index in [0.29, 0.717) is 55.8 Å². The van der Waals surface area contributed by atoms with E-state index in [2.05, 4.69) is 16.0 Å². The summed E-state index contributed by atoms with van der Waals surface area (Å²) >= 11 is 0. The molecule has 1 aromatic rings. The highest BCUT2D eigenvalue weighted by atomic mass is 32.2. The molecule has 3 amide bonds. The van der Waals surface area contributed by atoms with Gasteiger partial charge in [0.25, 0.3) is 22.0 Å². The van der Waals surface area contributed by atoms with Crippen molar-refractivity contribution in [3.63, 3.8) is 0 Å². The number of hydrogen-bond acceptors (Lipinski definition) is 7. The lowest BCUT2D eigenvalue weighted by Gasteiger charge is -2.42. The minimum atomic E-state index is -3.67. The van der Waals surface area contributed by atoms with E-state index >= 15 is 0 Å². The smallest absolute Gasteiger partial charge is 0.407 e. The van der Waals surface area contributed by atoms with E-state index in [4.69, 9.17) is 9.47 Å². The maximum Gasteiger partial charge on any atom is 0.407 e. The summed E-state index contributed by atoms with van der Waals surface area (Å²) in [4.78, 5) is 36.7. The second kappa shape index (κ2) is 10.6. The molecule has 0 aromatic heterocycles. The molecular formula is C26H37N5O7S. The fraction of sp³-hybridized carbons (Fsp3) is 0.654. The number of carbonyl (C=O) groups is 3. The van der Waals surface area contributed by atoms with Crippen molar-refractivity contribution in [1.82, 2.24) is 19.2 Å². The van der Waals surface area contributed by atoms with E-state index in [1.165, 1.54) is 4.31 Å². The van der Waals surface area contributed by atoms with E-state index in [-0.39, 0.29) is 42.6 Å². The summed E-state index contributed by atoms with van der Waals surface area (Å²) in [7, 11) is -3.67. The number of rotatable bonds is 5. The molecule has 3 N–H and O–H groups in total. The molecule has 0 spiro atoms. The summed E-state index contributed by atoms with van der Waals surface area (Å²) in [5.74, 6) is -0.0148. The zero-order valence-electron chi connectivity index (χ0n) is 22.6. The molecule has 3 saturated heterocycles. The van der Waals surface area contributed by atoms with Crippen LogP contribution < -0.4 is 20.7 Å². The third-order valence-corrected chi connectivity index (χ3v) is 9.79. The number of piperidine rings is 2. The molecular weight excluding hydrogens is 526 g/mol. The Kier molecular flexibility index (Phi) is 7.51. The van der Waals surface area contributed by atoms with Gasteiger partial charge in [-0.3, -0.25) is 9.59 Å². The summed E-state index contributed by atoms with van der Waals surface area (Å²) in [5, 5.41) is 8.62. The number of nitrogens with one attached hydrogen (secondary N) is 3. The lowest BCUT2D eigenvalue weighted by Crippen LogP contribution is -2.57. The summed E-state index contributed by atoms with van der Waals surface area (Å²) in [5.41, 5.74) is 0.279. The van der Waals surface area contributed by atoms with Crippen LogP contribution in [0.25, 0.3) is 0 Å².